The molecule has 2 aliphatic rings. The van der Waals surface area contributed by atoms with E-state index in [0.717, 1.165) is 43.1 Å². The van der Waals surface area contributed by atoms with Crippen LogP contribution in [0, 0.1) is 5.92 Å². The summed E-state index contributed by atoms with van der Waals surface area (Å²) in [6.45, 7) is 2.70. The average Bonchev–Trinajstić information content (AvgIpc) is 3.03. The summed E-state index contributed by atoms with van der Waals surface area (Å²) >= 11 is 0. The maximum Gasteiger partial charge on any atom is 0.315 e. The van der Waals surface area contributed by atoms with E-state index in [1.807, 2.05) is 0 Å². The molecule has 1 aromatic rings. The summed E-state index contributed by atoms with van der Waals surface area (Å²) in [7, 11) is 0. The van der Waals surface area contributed by atoms with Gasteiger partial charge in [-0.15, -0.1) is 0 Å². The zero-order valence-corrected chi connectivity index (χ0v) is 12.1. The van der Waals surface area contributed by atoms with Crippen molar-refractivity contribution in [1.29, 1.82) is 0 Å². The van der Waals surface area contributed by atoms with Gasteiger partial charge in [0.2, 0.25) is 0 Å². The standard InChI is InChI=1S/C15H23N3O2/c1-10-6-7-11(8-10)17-15(19)16-9-13-12-4-2-3-5-14(12)20-18-13/h10-11H,2-9H2,1H3,(H2,16,17,19)/t10-,11-/m0/s1. The van der Waals surface area contributed by atoms with Gasteiger partial charge in [0, 0.05) is 18.0 Å². The lowest BCUT2D eigenvalue weighted by Crippen LogP contribution is -2.40. The highest BCUT2D eigenvalue weighted by Gasteiger charge is 2.23. The number of nitrogens with zero attached hydrogens (tertiary/aromatic N) is 1. The minimum Gasteiger partial charge on any atom is -0.361 e. The van der Waals surface area contributed by atoms with E-state index in [4.69, 9.17) is 4.52 Å². The zero-order chi connectivity index (χ0) is 13.9. The fraction of sp³-hybridized carbons (Fsp3) is 0.733. The van der Waals surface area contributed by atoms with Gasteiger partial charge >= 0.3 is 6.03 Å². The van der Waals surface area contributed by atoms with Gasteiger partial charge in [0.05, 0.1) is 6.54 Å². The minimum atomic E-state index is -0.0864. The molecule has 0 unspecified atom stereocenters. The van der Waals surface area contributed by atoms with E-state index >= 15 is 0 Å². The summed E-state index contributed by atoms with van der Waals surface area (Å²) in [6, 6.07) is 0.243. The molecule has 1 fully saturated rings. The van der Waals surface area contributed by atoms with E-state index in [9.17, 15) is 4.79 Å². The number of urea groups is 1. The molecular formula is C15H23N3O2. The van der Waals surface area contributed by atoms with Crippen molar-refractivity contribution in [3.8, 4) is 0 Å². The van der Waals surface area contributed by atoms with E-state index in [1.165, 1.54) is 24.8 Å². The van der Waals surface area contributed by atoms with Gasteiger partial charge in [-0.05, 0) is 44.4 Å². The first-order valence-corrected chi connectivity index (χ1v) is 7.73. The van der Waals surface area contributed by atoms with Gasteiger partial charge in [-0.25, -0.2) is 4.79 Å². The first kappa shape index (κ1) is 13.5. The third kappa shape index (κ3) is 2.97. The number of fused-ring (bicyclic) bond motifs is 1. The molecule has 110 valence electrons. The molecule has 2 amide bonds. The van der Waals surface area contributed by atoms with Gasteiger partial charge in [-0.2, -0.15) is 0 Å². The van der Waals surface area contributed by atoms with Gasteiger partial charge < -0.3 is 15.2 Å². The third-order valence-corrected chi connectivity index (χ3v) is 4.48. The van der Waals surface area contributed by atoms with Crippen LogP contribution < -0.4 is 10.6 Å². The van der Waals surface area contributed by atoms with Crippen LogP contribution in [-0.4, -0.2) is 17.2 Å². The van der Waals surface area contributed by atoms with Crippen molar-refractivity contribution in [3.05, 3.63) is 17.0 Å². The van der Waals surface area contributed by atoms with E-state index in [2.05, 4.69) is 22.7 Å². The maximum absolute atomic E-state index is 11.9. The predicted molar refractivity (Wildman–Crippen MR) is 75.3 cm³/mol. The molecule has 5 heteroatoms. The number of hydrogen-bond acceptors (Lipinski definition) is 3. The lowest BCUT2D eigenvalue weighted by Gasteiger charge is -2.13. The number of amides is 2. The maximum atomic E-state index is 11.9. The Balaban J connectivity index is 1.49. The molecule has 1 saturated carbocycles. The van der Waals surface area contributed by atoms with E-state index in [1.54, 1.807) is 0 Å². The summed E-state index contributed by atoms with van der Waals surface area (Å²) in [5.41, 5.74) is 2.11. The molecule has 0 spiro atoms. The monoisotopic (exact) mass is 277 g/mol. The molecule has 20 heavy (non-hydrogen) atoms. The average molecular weight is 277 g/mol. The first-order valence-electron chi connectivity index (χ1n) is 7.73. The zero-order valence-electron chi connectivity index (χ0n) is 12.1. The Labute approximate surface area is 119 Å². The van der Waals surface area contributed by atoms with Crippen LogP contribution in [-0.2, 0) is 19.4 Å². The number of rotatable bonds is 3. The summed E-state index contributed by atoms with van der Waals surface area (Å²) < 4.78 is 5.35. The van der Waals surface area contributed by atoms with Crippen LogP contribution in [0.2, 0.25) is 0 Å². The molecule has 5 nitrogen and oxygen atoms in total. The SMILES string of the molecule is C[C@H]1CC[C@H](NC(=O)NCc2noc3c2CCCC3)C1. The Kier molecular flexibility index (Phi) is 3.94. The number of nitrogens with one attached hydrogen (secondary N) is 2. The van der Waals surface area contributed by atoms with Crippen LogP contribution in [0.1, 0.15) is 56.0 Å². The third-order valence-electron chi connectivity index (χ3n) is 4.48. The van der Waals surface area contributed by atoms with E-state index in [0.29, 0.717) is 12.6 Å². The van der Waals surface area contributed by atoms with Gasteiger partial charge in [-0.1, -0.05) is 12.1 Å². The quantitative estimate of drug-likeness (QED) is 0.892. The van der Waals surface area contributed by atoms with Crippen molar-refractivity contribution in [2.75, 3.05) is 0 Å². The van der Waals surface area contributed by atoms with Crippen molar-refractivity contribution in [1.82, 2.24) is 15.8 Å². The summed E-state index contributed by atoms with van der Waals surface area (Å²) in [5.74, 6) is 1.74. The molecule has 1 heterocycles. The molecule has 2 N–H and O–H groups in total. The van der Waals surface area contributed by atoms with Crippen molar-refractivity contribution >= 4 is 6.03 Å². The van der Waals surface area contributed by atoms with Crippen LogP contribution in [0.3, 0.4) is 0 Å². The van der Waals surface area contributed by atoms with E-state index < -0.39 is 0 Å². The molecule has 0 aromatic carbocycles. The number of carbonyl (C=O) groups excluding carboxylic acids is 1. The summed E-state index contributed by atoms with van der Waals surface area (Å²) in [6.07, 6.45) is 7.76. The van der Waals surface area contributed by atoms with Gasteiger partial charge in [0.25, 0.3) is 0 Å². The van der Waals surface area contributed by atoms with Crippen LogP contribution in [0.15, 0.2) is 4.52 Å². The highest BCUT2D eigenvalue weighted by Crippen LogP contribution is 2.25. The molecule has 2 atom stereocenters. The lowest BCUT2D eigenvalue weighted by molar-refractivity contribution is 0.236. The van der Waals surface area contributed by atoms with E-state index in [-0.39, 0.29) is 6.03 Å². The fourth-order valence-corrected chi connectivity index (χ4v) is 3.33. The molecule has 0 aliphatic heterocycles. The predicted octanol–water partition coefficient (Wildman–Crippen LogP) is 2.54. The first-order chi connectivity index (χ1) is 9.72. The normalized spacial score (nSPS) is 25.2. The molecule has 2 aliphatic carbocycles. The minimum absolute atomic E-state index is 0.0864. The van der Waals surface area contributed by atoms with Crippen LogP contribution >= 0.6 is 0 Å². The molecule has 0 bridgehead atoms. The molecular weight excluding hydrogens is 254 g/mol. The smallest absolute Gasteiger partial charge is 0.315 e. The van der Waals surface area contributed by atoms with Crippen molar-refractivity contribution in [2.24, 2.45) is 5.92 Å². The number of carbonyl (C=O) groups is 1. The summed E-state index contributed by atoms with van der Waals surface area (Å²) in [5, 5.41) is 10.0. The summed E-state index contributed by atoms with van der Waals surface area (Å²) in [4.78, 5) is 11.9. The van der Waals surface area contributed by atoms with Crippen molar-refractivity contribution in [2.45, 2.75) is 64.5 Å². The Morgan fingerprint density at radius 2 is 2.20 bits per heavy atom. The van der Waals surface area contributed by atoms with Crippen LogP contribution in [0.25, 0.3) is 0 Å². The largest absolute Gasteiger partial charge is 0.361 e. The number of aryl methyl sites for hydroxylation is 1. The van der Waals surface area contributed by atoms with Crippen molar-refractivity contribution < 1.29 is 9.32 Å². The second-order valence-electron chi connectivity index (χ2n) is 6.18. The second-order valence-corrected chi connectivity index (χ2v) is 6.18. The Morgan fingerprint density at radius 1 is 1.35 bits per heavy atom. The van der Waals surface area contributed by atoms with Gasteiger partial charge in [-0.3, -0.25) is 0 Å². The Hall–Kier alpha value is -1.52. The van der Waals surface area contributed by atoms with Crippen LogP contribution in [0.4, 0.5) is 4.79 Å². The highest BCUT2D eigenvalue weighted by atomic mass is 16.5. The second kappa shape index (κ2) is 5.85. The molecule has 3 rings (SSSR count). The van der Waals surface area contributed by atoms with Crippen molar-refractivity contribution in [3.63, 3.8) is 0 Å². The molecule has 1 aromatic heterocycles. The lowest BCUT2D eigenvalue weighted by atomic mass is 9.96. The van der Waals surface area contributed by atoms with Crippen LogP contribution in [0.5, 0.6) is 0 Å². The number of hydrogen-bond donors (Lipinski definition) is 2. The Morgan fingerprint density at radius 3 is 3.00 bits per heavy atom. The number of aromatic nitrogens is 1. The Bertz CT molecular complexity index is 483. The fourth-order valence-electron chi connectivity index (χ4n) is 3.33. The molecule has 0 saturated heterocycles. The molecule has 0 radical (unpaired) electrons. The highest BCUT2D eigenvalue weighted by molar-refractivity contribution is 5.74. The topological polar surface area (TPSA) is 67.2 Å². The van der Waals surface area contributed by atoms with Gasteiger partial charge in [0.1, 0.15) is 11.5 Å². The van der Waals surface area contributed by atoms with Gasteiger partial charge in [0.15, 0.2) is 0 Å².